The topological polar surface area (TPSA) is 34.1 Å². The maximum atomic E-state index is 12.1. The molecule has 0 aliphatic heterocycles. The van der Waals surface area contributed by atoms with Crippen LogP contribution in [0.4, 0.5) is 0 Å². The zero-order chi connectivity index (χ0) is 18.3. The SMILES string of the molecule is CC(C)Cc1ccc(/C=C\c2ccc3c4c(cccc24)C(=O)C3=O)cc1. The summed E-state index contributed by atoms with van der Waals surface area (Å²) < 4.78 is 0. The molecule has 0 atom stereocenters. The highest BCUT2D eigenvalue weighted by atomic mass is 16.2. The van der Waals surface area contributed by atoms with Gasteiger partial charge in [-0.2, -0.15) is 0 Å². The van der Waals surface area contributed by atoms with Crippen LogP contribution >= 0.6 is 0 Å². The summed E-state index contributed by atoms with van der Waals surface area (Å²) >= 11 is 0. The summed E-state index contributed by atoms with van der Waals surface area (Å²) in [6.07, 6.45) is 5.20. The lowest BCUT2D eigenvalue weighted by molar-refractivity contribution is 0.0825. The van der Waals surface area contributed by atoms with Crippen LogP contribution in [0.5, 0.6) is 0 Å². The van der Waals surface area contributed by atoms with Crippen molar-refractivity contribution in [3.63, 3.8) is 0 Å². The van der Waals surface area contributed by atoms with Gasteiger partial charge in [0.2, 0.25) is 11.6 Å². The van der Waals surface area contributed by atoms with E-state index in [1.165, 1.54) is 5.56 Å². The van der Waals surface area contributed by atoms with Crippen LogP contribution in [-0.2, 0) is 6.42 Å². The molecule has 26 heavy (non-hydrogen) atoms. The van der Waals surface area contributed by atoms with Gasteiger partial charge in [0.25, 0.3) is 0 Å². The summed E-state index contributed by atoms with van der Waals surface area (Å²) in [4.78, 5) is 24.2. The zero-order valence-electron chi connectivity index (χ0n) is 15.0. The fourth-order valence-electron chi connectivity index (χ4n) is 3.62. The normalized spacial score (nSPS) is 13.5. The van der Waals surface area contributed by atoms with Gasteiger partial charge in [-0.3, -0.25) is 9.59 Å². The number of carbonyl (C=O) groups excluding carboxylic acids is 2. The molecule has 1 aliphatic carbocycles. The molecule has 0 bridgehead atoms. The second kappa shape index (κ2) is 6.38. The van der Waals surface area contributed by atoms with E-state index >= 15 is 0 Å². The highest BCUT2D eigenvalue weighted by molar-refractivity contribution is 6.57. The van der Waals surface area contributed by atoms with Gasteiger partial charge in [0.05, 0.1) is 0 Å². The van der Waals surface area contributed by atoms with Crippen LogP contribution in [0.15, 0.2) is 54.6 Å². The van der Waals surface area contributed by atoms with Crippen LogP contribution in [0.25, 0.3) is 22.9 Å². The number of hydrogen-bond donors (Lipinski definition) is 0. The van der Waals surface area contributed by atoms with Crippen LogP contribution in [0.3, 0.4) is 0 Å². The van der Waals surface area contributed by atoms with Gasteiger partial charge >= 0.3 is 0 Å². The van der Waals surface area contributed by atoms with Crippen molar-refractivity contribution in [1.82, 2.24) is 0 Å². The van der Waals surface area contributed by atoms with Crippen LogP contribution in [-0.4, -0.2) is 11.6 Å². The minimum Gasteiger partial charge on any atom is -0.285 e. The van der Waals surface area contributed by atoms with E-state index in [0.29, 0.717) is 17.0 Å². The summed E-state index contributed by atoms with van der Waals surface area (Å²) in [6.45, 7) is 4.44. The Kier molecular flexibility index (Phi) is 4.04. The smallest absolute Gasteiger partial charge is 0.234 e. The van der Waals surface area contributed by atoms with E-state index in [-0.39, 0.29) is 0 Å². The van der Waals surface area contributed by atoms with Crippen molar-refractivity contribution in [3.05, 3.63) is 82.4 Å². The third kappa shape index (κ3) is 2.78. The Morgan fingerprint density at radius 2 is 1.50 bits per heavy atom. The Labute approximate surface area is 153 Å². The lowest BCUT2D eigenvalue weighted by atomic mass is 9.98. The molecular weight excluding hydrogens is 320 g/mol. The Bertz CT molecular complexity index is 1030. The highest BCUT2D eigenvalue weighted by Gasteiger charge is 2.30. The maximum Gasteiger partial charge on any atom is 0.234 e. The van der Waals surface area contributed by atoms with Crippen molar-refractivity contribution in [2.75, 3.05) is 0 Å². The molecular formula is C24H20O2. The Morgan fingerprint density at radius 1 is 0.808 bits per heavy atom. The van der Waals surface area contributed by atoms with Gasteiger partial charge < -0.3 is 0 Å². The summed E-state index contributed by atoms with van der Waals surface area (Å²) in [5.74, 6) is -0.143. The number of rotatable bonds is 4. The number of carbonyl (C=O) groups is 2. The summed E-state index contributed by atoms with van der Waals surface area (Å²) in [7, 11) is 0. The summed E-state index contributed by atoms with van der Waals surface area (Å²) in [5.41, 5.74) is 4.54. The minimum atomic E-state index is -0.396. The molecule has 0 radical (unpaired) electrons. The Hall–Kier alpha value is -3.00. The van der Waals surface area contributed by atoms with Crippen LogP contribution in [0.2, 0.25) is 0 Å². The first-order chi connectivity index (χ1) is 12.5. The van der Waals surface area contributed by atoms with E-state index < -0.39 is 11.6 Å². The molecule has 2 nitrogen and oxygen atoms in total. The third-order valence-electron chi connectivity index (χ3n) is 4.85. The molecule has 0 aromatic heterocycles. The molecule has 0 saturated heterocycles. The van der Waals surface area contributed by atoms with Crippen molar-refractivity contribution in [2.24, 2.45) is 5.92 Å². The molecule has 2 heteroatoms. The van der Waals surface area contributed by atoms with E-state index in [0.717, 1.165) is 28.3 Å². The molecule has 0 saturated carbocycles. The lowest BCUT2D eigenvalue weighted by Gasteiger charge is -2.06. The van der Waals surface area contributed by atoms with E-state index in [1.807, 2.05) is 24.3 Å². The number of ketones is 2. The molecule has 0 spiro atoms. The molecule has 128 valence electrons. The second-order valence-corrected chi connectivity index (χ2v) is 7.26. The second-order valence-electron chi connectivity index (χ2n) is 7.26. The van der Waals surface area contributed by atoms with Crippen LogP contribution in [0.1, 0.15) is 51.3 Å². The largest absolute Gasteiger partial charge is 0.285 e. The average Bonchev–Trinajstić information content (AvgIpc) is 2.88. The van der Waals surface area contributed by atoms with Crippen molar-refractivity contribution in [2.45, 2.75) is 20.3 Å². The number of benzene rings is 3. The van der Waals surface area contributed by atoms with Crippen molar-refractivity contribution >= 4 is 34.5 Å². The van der Waals surface area contributed by atoms with Crippen LogP contribution < -0.4 is 0 Å². The first-order valence-electron chi connectivity index (χ1n) is 8.96. The Balaban J connectivity index is 1.70. The maximum absolute atomic E-state index is 12.1. The van der Waals surface area contributed by atoms with Gasteiger partial charge in [-0.25, -0.2) is 0 Å². The van der Waals surface area contributed by atoms with E-state index in [9.17, 15) is 9.59 Å². The number of Topliss-reactive ketones (excluding diaryl/α,β-unsaturated/α-hetero) is 2. The molecule has 1 aliphatic rings. The molecule has 0 heterocycles. The predicted octanol–water partition coefficient (Wildman–Crippen LogP) is 5.59. The summed E-state index contributed by atoms with van der Waals surface area (Å²) in [5, 5.41) is 1.74. The molecule has 0 fully saturated rings. The molecule has 0 amide bonds. The predicted molar refractivity (Wildman–Crippen MR) is 107 cm³/mol. The third-order valence-corrected chi connectivity index (χ3v) is 4.85. The fraction of sp³-hybridized carbons (Fsp3) is 0.167. The minimum absolute atomic E-state index is 0.396. The number of hydrogen-bond acceptors (Lipinski definition) is 2. The van der Waals surface area contributed by atoms with E-state index in [1.54, 1.807) is 12.1 Å². The first kappa shape index (κ1) is 16.5. The van der Waals surface area contributed by atoms with Gasteiger partial charge in [-0.05, 0) is 40.5 Å². The highest BCUT2D eigenvalue weighted by Crippen LogP contribution is 2.33. The van der Waals surface area contributed by atoms with Gasteiger partial charge in [0, 0.05) is 16.5 Å². The molecule has 0 unspecified atom stereocenters. The van der Waals surface area contributed by atoms with Gasteiger partial charge in [-0.15, -0.1) is 0 Å². The molecule has 3 aromatic carbocycles. The Morgan fingerprint density at radius 3 is 2.19 bits per heavy atom. The average molecular weight is 340 g/mol. The van der Waals surface area contributed by atoms with Crippen molar-refractivity contribution < 1.29 is 9.59 Å². The van der Waals surface area contributed by atoms with Gasteiger partial charge in [0.15, 0.2) is 0 Å². The van der Waals surface area contributed by atoms with E-state index in [4.69, 9.17) is 0 Å². The van der Waals surface area contributed by atoms with Crippen molar-refractivity contribution in [1.29, 1.82) is 0 Å². The lowest BCUT2D eigenvalue weighted by Crippen LogP contribution is -2.05. The van der Waals surface area contributed by atoms with Crippen LogP contribution in [0, 0.1) is 5.92 Å². The monoisotopic (exact) mass is 340 g/mol. The quantitative estimate of drug-likeness (QED) is 0.458. The van der Waals surface area contributed by atoms with Crippen molar-refractivity contribution in [3.8, 4) is 0 Å². The molecule has 4 rings (SSSR count). The molecule has 3 aromatic rings. The zero-order valence-corrected chi connectivity index (χ0v) is 15.0. The van der Waals surface area contributed by atoms with Gasteiger partial charge in [0.1, 0.15) is 0 Å². The molecule has 0 N–H and O–H groups in total. The van der Waals surface area contributed by atoms with Gasteiger partial charge in [-0.1, -0.05) is 74.5 Å². The summed E-state index contributed by atoms with van der Waals surface area (Å²) in [6, 6.07) is 17.8. The standard InChI is InChI=1S/C24H20O2/c1-15(2)14-17-8-6-16(7-9-17)10-11-18-12-13-21-22-19(18)4-3-5-20(22)23(25)24(21)26/h3-13,15H,14H2,1-2H3/b11-10-. The first-order valence-corrected chi connectivity index (χ1v) is 8.96. The fourth-order valence-corrected chi connectivity index (χ4v) is 3.62. The van der Waals surface area contributed by atoms with E-state index in [2.05, 4.69) is 44.2 Å².